The average Bonchev–Trinajstić information content (AvgIpc) is 3.04. The van der Waals surface area contributed by atoms with E-state index in [2.05, 4.69) is 29.4 Å². The monoisotopic (exact) mass is 385 g/mol. The Labute approximate surface area is 162 Å². The van der Waals surface area contributed by atoms with E-state index < -0.39 is 0 Å². The summed E-state index contributed by atoms with van der Waals surface area (Å²) in [6.45, 7) is 3.19. The number of hydrogen-bond donors (Lipinski definition) is 0. The van der Waals surface area contributed by atoms with Gasteiger partial charge in [-0.25, -0.2) is 4.68 Å². The summed E-state index contributed by atoms with van der Waals surface area (Å²) >= 11 is 12.8. The smallest absolute Gasteiger partial charge is 0.128 e. The van der Waals surface area contributed by atoms with Crippen molar-refractivity contribution < 1.29 is 4.74 Å². The third-order valence-corrected chi connectivity index (χ3v) is 5.09. The van der Waals surface area contributed by atoms with Gasteiger partial charge in [0, 0.05) is 22.6 Å². The molecule has 2 aromatic carbocycles. The van der Waals surface area contributed by atoms with Crippen molar-refractivity contribution in [3.05, 3.63) is 70.4 Å². The summed E-state index contributed by atoms with van der Waals surface area (Å²) in [5.74, 6) is 0.758. The van der Waals surface area contributed by atoms with Crippen LogP contribution in [0.3, 0.4) is 0 Å². The number of ether oxygens (including phenoxy) is 1. The molecule has 0 saturated heterocycles. The minimum absolute atomic E-state index is 0.563. The molecule has 6 heteroatoms. The maximum absolute atomic E-state index is 6.66. The second-order valence-corrected chi connectivity index (χ2v) is 7.14. The summed E-state index contributed by atoms with van der Waals surface area (Å²) in [7, 11) is 0. The van der Waals surface area contributed by atoms with E-state index in [1.165, 1.54) is 5.56 Å². The predicted molar refractivity (Wildman–Crippen MR) is 105 cm³/mol. The first-order valence-electron chi connectivity index (χ1n) is 8.37. The van der Waals surface area contributed by atoms with Gasteiger partial charge < -0.3 is 4.74 Å². The number of fused-ring (bicyclic) bond motifs is 1. The van der Waals surface area contributed by atoms with E-state index in [-0.39, 0.29) is 0 Å². The van der Waals surface area contributed by atoms with E-state index in [0.29, 0.717) is 23.2 Å². The molecule has 3 aromatic rings. The van der Waals surface area contributed by atoms with Gasteiger partial charge in [0.2, 0.25) is 0 Å². The molecule has 1 aliphatic rings. The van der Waals surface area contributed by atoms with Crippen LogP contribution in [0, 0.1) is 6.92 Å². The van der Waals surface area contributed by atoms with Crippen molar-refractivity contribution in [3.63, 3.8) is 0 Å². The zero-order chi connectivity index (χ0) is 18.1. The highest BCUT2D eigenvalue weighted by molar-refractivity contribution is 6.49. The Kier molecular flexibility index (Phi) is 4.70. The highest BCUT2D eigenvalue weighted by atomic mass is 35.5. The molecule has 1 aliphatic heterocycles. The van der Waals surface area contributed by atoms with Crippen LogP contribution in [-0.4, -0.2) is 21.6 Å². The Hall–Kier alpha value is -2.30. The van der Waals surface area contributed by atoms with Crippen LogP contribution in [0.1, 0.15) is 17.5 Å². The molecule has 0 radical (unpaired) electrons. The number of aromatic nitrogens is 3. The number of benzene rings is 2. The Morgan fingerprint density at radius 1 is 1.12 bits per heavy atom. The number of nitrogens with zero attached hydrogens (tertiary/aromatic N) is 3. The van der Waals surface area contributed by atoms with Crippen molar-refractivity contribution >= 4 is 28.2 Å². The Morgan fingerprint density at radius 3 is 2.73 bits per heavy atom. The van der Waals surface area contributed by atoms with Crippen molar-refractivity contribution in [1.82, 2.24) is 15.0 Å². The third-order valence-electron chi connectivity index (χ3n) is 4.39. The van der Waals surface area contributed by atoms with Gasteiger partial charge in [-0.1, -0.05) is 58.2 Å². The Bertz CT molecular complexity index is 977. The average molecular weight is 386 g/mol. The van der Waals surface area contributed by atoms with Crippen LogP contribution >= 0.6 is 23.2 Å². The molecule has 0 unspecified atom stereocenters. The summed E-state index contributed by atoms with van der Waals surface area (Å²) in [6.07, 6.45) is 2.66. The van der Waals surface area contributed by atoms with Gasteiger partial charge >= 0.3 is 0 Å². The maximum Gasteiger partial charge on any atom is 0.128 e. The highest BCUT2D eigenvalue weighted by Gasteiger charge is 2.18. The summed E-state index contributed by atoms with van der Waals surface area (Å²) in [6, 6.07) is 13.7. The zero-order valence-corrected chi connectivity index (χ0v) is 15.8. The van der Waals surface area contributed by atoms with E-state index in [9.17, 15) is 0 Å². The fourth-order valence-electron chi connectivity index (χ4n) is 2.96. The molecule has 4 rings (SSSR count). The first-order chi connectivity index (χ1) is 12.6. The fraction of sp³-hybridized carbons (Fsp3) is 0.200. The molecule has 26 heavy (non-hydrogen) atoms. The van der Waals surface area contributed by atoms with Crippen LogP contribution < -0.4 is 4.74 Å². The van der Waals surface area contributed by atoms with E-state index in [0.717, 1.165) is 34.6 Å². The number of aryl methyl sites for hydroxylation is 1. The molecule has 0 aliphatic carbocycles. The second kappa shape index (κ2) is 7.14. The molecule has 0 N–H and O–H groups in total. The summed E-state index contributed by atoms with van der Waals surface area (Å²) in [4.78, 5) is 0. The van der Waals surface area contributed by atoms with Gasteiger partial charge in [-0.05, 0) is 30.7 Å². The molecular weight excluding hydrogens is 369 g/mol. The standard InChI is InChI=1S/C20H17Cl2N3O/c1-13-2-4-14(5-3-13)18-12-25(24-23-18)11-15-8-9-26-19-7-6-16(21)10-17(19)20(15)22/h2-7,10,12H,8-9,11H2,1H3. The van der Waals surface area contributed by atoms with Gasteiger partial charge in [-0.2, -0.15) is 0 Å². The van der Waals surface area contributed by atoms with Crippen LogP contribution in [0.2, 0.25) is 5.02 Å². The second-order valence-electron chi connectivity index (χ2n) is 6.32. The molecule has 2 heterocycles. The topological polar surface area (TPSA) is 39.9 Å². The van der Waals surface area contributed by atoms with Gasteiger partial charge in [0.05, 0.1) is 24.4 Å². The van der Waals surface area contributed by atoms with Crippen LogP contribution in [0.25, 0.3) is 16.3 Å². The van der Waals surface area contributed by atoms with Gasteiger partial charge in [-0.15, -0.1) is 5.10 Å². The van der Waals surface area contributed by atoms with Crippen molar-refractivity contribution in [2.45, 2.75) is 19.9 Å². The summed E-state index contributed by atoms with van der Waals surface area (Å²) in [5.41, 5.74) is 4.98. The molecule has 0 atom stereocenters. The predicted octanol–water partition coefficient (Wildman–Crippen LogP) is 5.34. The molecule has 0 amide bonds. The maximum atomic E-state index is 6.66. The minimum atomic E-state index is 0.563. The SMILES string of the molecule is Cc1ccc(-c2cn(CC3=C(Cl)c4cc(Cl)ccc4OCC3)nn2)cc1. The lowest BCUT2D eigenvalue weighted by molar-refractivity contribution is 0.321. The molecule has 132 valence electrons. The van der Waals surface area contributed by atoms with Crippen LogP contribution in [0.15, 0.2) is 54.2 Å². The van der Waals surface area contributed by atoms with Gasteiger partial charge in [0.25, 0.3) is 0 Å². The zero-order valence-electron chi connectivity index (χ0n) is 14.2. The summed E-state index contributed by atoms with van der Waals surface area (Å²) in [5, 5.41) is 9.85. The lowest BCUT2D eigenvalue weighted by Crippen LogP contribution is -2.05. The molecule has 0 saturated carbocycles. The van der Waals surface area contributed by atoms with Crippen molar-refractivity contribution in [2.75, 3.05) is 6.61 Å². The largest absolute Gasteiger partial charge is 0.493 e. The molecule has 0 spiro atoms. The lowest BCUT2D eigenvalue weighted by Gasteiger charge is -2.08. The van der Waals surface area contributed by atoms with Crippen LogP contribution in [0.4, 0.5) is 0 Å². The van der Waals surface area contributed by atoms with Gasteiger partial charge in [0.1, 0.15) is 11.4 Å². The van der Waals surface area contributed by atoms with Gasteiger partial charge in [-0.3, -0.25) is 0 Å². The van der Waals surface area contributed by atoms with E-state index >= 15 is 0 Å². The highest BCUT2D eigenvalue weighted by Crippen LogP contribution is 2.37. The van der Waals surface area contributed by atoms with E-state index in [1.807, 2.05) is 35.1 Å². The minimum Gasteiger partial charge on any atom is -0.493 e. The molecule has 0 fully saturated rings. The van der Waals surface area contributed by atoms with E-state index in [4.69, 9.17) is 27.9 Å². The number of rotatable bonds is 3. The first-order valence-corrected chi connectivity index (χ1v) is 9.13. The molecule has 1 aromatic heterocycles. The normalized spacial score (nSPS) is 14.0. The first kappa shape index (κ1) is 17.1. The Balaban J connectivity index is 1.62. The third kappa shape index (κ3) is 3.48. The van der Waals surface area contributed by atoms with E-state index in [1.54, 1.807) is 6.07 Å². The van der Waals surface area contributed by atoms with Crippen molar-refractivity contribution in [3.8, 4) is 17.0 Å². The number of halogens is 2. The summed E-state index contributed by atoms with van der Waals surface area (Å²) < 4.78 is 7.61. The van der Waals surface area contributed by atoms with Crippen LogP contribution in [0.5, 0.6) is 5.75 Å². The molecular formula is C20H17Cl2N3O. The number of hydrogen-bond acceptors (Lipinski definition) is 3. The quantitative estimate of drug-likeness (QED) is 0.610. The van der Waals surface area contributed by atoms with Crippen LogP contribution in [-0.2, 0) is 6.54 Å². The molecule has 0 bridgehead atoms. The van der Waals surface area contributed by atoms with Crippen molar-refractivity contribution in [2.24, 2.45) is 0 Å². The Morgan fingerprint density at radius 2 is 1.92 bits per heavy atom. The fourth-order valence-corrected chi connectivity index (χ4v) is 3.43. The lowest BCUT2D eigenvalue weighted by atomic mass is 10.1. The van der Waals surface area contributed by atoms with Crippen molar-refractivity contribution in [1.29, 1.82) is 0 Å². The van der Waals surface area contributed by atoms with Gasteiger partial charge in [0.15, 0.2) is 0 Å². The molecule has 4 nitrogen and oxygen atoms in total.